The molecule has 0 saturated carbocycles. The van der Waals surface area contributed by atoms with Crippen LogP contribution in [0.4, 0.5) is 24.5 Å². The first-order valence-electron chi connectivity index (χ1n) is 9.87. The Kier molecular flexibility index (Phi) is 5.34. The van der Waals surface area contributed by atoms with Gasteiger partial charge >= 0.3 is 6.18 Å². The fourth-order valence-corrected chi connectivity index (χ4v) is 3.57. The highest BCUT2D eigenvalue weighted by atomic mass is 19.4. The van der Waals surface area contributed by atoms with Crippen LogP contribution in [0.25, 0.3) is 5.57 Å². The second-order valence-corrected chi connectivity index (χ2v) is 7.48. The second kappa shape index (κ2) is 8.00. The number of halogens is 3. The van der Waals surface area contributed by atoms with Crippen molar-refractivity contribution < 1.29 is 22.8 Å². The topological polar surface area (TPSA) is 49.4 Å². The minimum Gasteiger partial charge on any atom is -0.350 e. The average Bonchev–Trinajstić information content (AvgIpc) is 3.01. The smallest absolute Gasteiger partial charge is 0.350 e. The molecule has 0 aliphatic carbocycles. The summed E-state index contributed by atoms with van der Waals surface area (Å²) in [5.41, 5.74) is 2.58. The number of nitrogens with zero attached hydrogens (tertiary/aromatic N) is 1. The number of carbonyl (C=O) groups excluding carboxylic acids is 2. The van der Waals surface area contributed by atoms with Crippen LogP contribution >= 0.6 is 0 Å². The van der Waals surface area contributed by atoms with Crippen molar-refractivity contribution in [1.29, 1.82) is 0 Å². The SMILES string of the molecule is Cc1cccc(NC2=C(c3ccccc3)C(=O)N(c3ccc(C(F)(F)F)cc3)C2=O)c1C. The molecule has 32 heavy (non-hydrogen) atoms. The van der Waals surface area contributed by atoms with Crippen molar-refractivity contribution in [3.8, 4) is 0 Å². The Morgan fingerprint density at radius 3 is 2.06 bits per heavy atom. The van der Waals surface area contributed by atoms with Crippen LogP contribution in [0.1, 0.15) is 22.3 Å². The van der Waals surface area contributed by atoms with Crippen molar-refractivity contribution >= 4 is 28.8 Å². The number of carbonyl (C=O) groups is 2. The summed E-state index contributed by atoms with van der Waals surface area (Å²) >= 11 is 0. The Bertz CT molecular complexity index is 1230. The number of nitrogens with one attached hydrogen (secondary N) is 1. The van der Waals surface area contributed by atoms with E-state index >= 15 is 0 Å². The van der Waals surface area contributed by atoms with E-state index in [9.17, 15) is 22.8 Å². The molecule has 0 saturated heterocycles. The number of benzene rings is 3. The van der Waals surface area contributed by atoms with Crippen molar-refractivity contribution in [2.24, 2.45) is 0 Å². The van der Waals surface area contributed by atoms with Gasteiger partial charge in [0.25, 0.3) is 11.8 Å². The van der Waals surface area contributed by atoms with Crippen molar-refractivity contribution in [2.75, 3.05) is 10.2 Å². The van der Waals surface area contributed by atoms with Crippen LogP contribution in [-0.4, -0.2) is 11.8 Å². The normalized spacial score (nSPS) is 14.3. The summed E-state index contributed by atoms with van der Waals surface area (Å²) < 4.78 is 38.8. The molecule has 7 heteroatoms. The van der Waals surface area contributed by atoms with Gasteiger partial charge in [-0.25, -0.2) is 4.90 Å². The molecule has 0 spiro atoms. The van der Waals surface area contributed by atoms with Gasteiger partial charge in [0.05, 0.1) is 16.8 Å². The number of alkyl halides is 3. The number of anilines is 2. The van der Waals surface area contributed by atoms with Gasteiger partial charge in [-0.2, -0.15) is 13.2 Å². The summed E-state index contributed by atoms with van der Waals surface area (Å²) in [7, 11) is 0. The largest absolute Gasteiger partial charge is 0.416 e. The van der Waals surface area contributed by atoms with Crippen molar-refractivity contribution in [3.63, 3.8) is 0 Å². The maximum Gasteiger partial charge on any atom is 0.416 e. The predicted octanol–water partition coefficient (Wildman–Crippen LogP) is 5.72. The number of hydrogen-bond acceptors (Lipinski definition) is 3. The summed E-state index contributed by atoms with van der Waals surface area (Å²) in [5, 5.41) is 3.10. The molecule has 0 unspecified atom stereocenters. The lowest BCUT2D eigenvalue weighted by molar-refractivity contribution is -0.137. The van der Waals surface area contributed by atoms with Gasteiger partial charge in [0.15, 0.2) is 0 Å². The third-order valence-corrected chi connectivity index (χ3v) is 5.46. The lowest BCUT2D eigenvalue weighted by Crippen LogP contribution is -2.32. The highest BCUT2D eigenvalue weighted by molar-refractivity contribution is 6.46. The standard InChI is InChI=1S/C25H19F3N2O2/c1-15-7-6-10-20(16(15)2)29-22-21(17-8-4-3-5-9-17)23(31)30(24(22)32)19-13-11-18(12-14-19)25(26,27)28/h3-14,29H,1-2H3. The van der Waals surface area contributed by atoms with Crippen LogP contribution in [0.2, 0.25) is 0 Å². The van der Waals surface area contributed by atoms with E-state index in [0.717, 1.165) is 40.3 Å². The molecule has 1 N–H and O–H groups in total. The fourth-order valence-electron chi connectivity index (χ4n) is 3.57. The molecular weight excluding hydrogens is 417 g/mol. The molecule has 0 radical (unpaired) electrons. The molecule has 0 fully saturated rings. The first kappa shape index (κ1) is 21.4. The van der Waals surface area contributed by atoms with E-state index in [0.29, 0.717) is 11.3 Å². The van der Waals surface area contributed by atoms with Gasteiger partial charge < -0.3 is 5.32 Å². The zero-order chi connectivity index (χ0) is 23.0. The Balaban J connectivity index is 1.79. The average molecular weight is 436 g/mol. The van der Waals surface area contributed by atoms with Gasteiger partial charge in [-0.15, -0.1) is 0 Å². The molecule has 2 amide bonds. The van der Waals surface area contributed by atoms with Gasteiger partial charge in [0.1, 0.15) is 5.70 Å². The van der Waals surface area contributed by atoms with E-state index in [1.54, 1.807) is 36.4 Å². The number of hydrogen-bond donors (Lipinski definition) is 1. The van der Waals surface area contributed by atoms with Crippen LogP contribution in [0, 0.1) is 13.8 Å². The number of aryl methyl sites for hydroxylation is 1. The fraction of sp³-hybridized carbons (Fsp3) is 0.120. The highest BCUT2D eigenvalue weighted by Crippen LogP contribution is 2.36. The van der Waals surface area contributed by atoms with Crippen LogP contribution in [0.3, 0.4) is 0 Å². The lowest BCUT2D eigenvalue weighted by Gasteiger charge is -2.17. The van der Waals surface area contributed by atoms with E-state index in [2.05, 4.69) is 5.32 Å². The molecule has 162 valence electrons. The summed E-state index contributed by atoms with van der Waals surface area (Å²) in [6.45, 7) is 3.83. The minimum absolute atomic E-state index is 0.0687. The van der Waals surface area contributed by atoms with Crippen molar-refractivity contribution in [1.82, 2.24) is 0 Å². The number of amides is 2. The zero-order valence-electron chi connectivity index (χ0n) is 17.3. The van der Waals surface area contributed by atoms with Crippen molar-refractivity contribution in [2.45, 2.75) is 20.0 Å². The van der Waals surface area contributed by atoms with Gasteiger partial charge in [-0.1, -0.05) is 42.5 Å². The second-order valence-electron chi connectivity index (χ2n) is 7.48. The molecule has 0 atom stereocenters. The highest BCUT2D eigenvalue weighted by Gasteiger charge is 2.40. The molecule has 4 nitrogen and oxygen atoms in total. The van der Waals surface area contributed by atoms with Gasteiger partial charge in [-0.05, 0) is 60.9 Å². The van der Waals surface area contributed by atoms with Crippen LogP contribution < -0.4 is 10.2 Å². The minimum atomic E-state index is -4.51. The van der Waals surface area contributed by atoms with Crippen LogP contribution in [0.15, 0.2) is 78.5 Å². The third kappa shape index (κ3) is 3.77. The Labute approximate surface area is 183 Å². The van der Waals surface area contributed by atoms with Crippen molar-refractivity contribution in [3.05, 3.63) is 101 Å². The predicted molar refractivity (Wildman–Crippen MR) is 117 cm³/mol. The maximum absolute atomic E-state index is 13.3. The molecular formula is C25H19F3N2O2. The van der Waals surface area contributed by atoms with E-state index in [4.69, 9.17) is 0 Å². The molecule has 4 rings (SSSR count). The first-order valence-corrected chi connectivity index (χ1v) is 9.87. The van der Waals surface area contributed by atoms with E-state index in [-0.39, 0.29) is 17.0 Å². The number of imide groups is 1. The van der Waals surface area contributed by atoms with E-state index in [1.807, 2.05) is 26.0 Å². The van der Waals surface area contributed by atoms with Gasteiger partial charge in [0, 0.05) is 5.69 Å². The molecule has 3 aromatic rings. The molecule has 3 aromatic carbocycles. The summed E-state index contributed by atoms with van der Waals surface area (Å²) in [6, 6.07) is 18.2. The van der Waals surface area contributed by atoms with Crippen LogP contribution in [-0.2, 0) is 15.8 Å². The first-order chi connectivity index (χ1) is 15.2. The van der Waals surface area contributed by atoms with E-state index < -0.39 is 23.6 Å². The molecule has 1 aliphatic heterocycles. The summed E-state index contributed by atoms with van der Waals surface area (Å²) in [6.07, 6.45) is -4.51. The Hall–Kier alpha value is -3.87. The van der Waals surface area contributed by atoms with Gasteiger partial charge in [-0.3, -0.25) is 9.59 Å². The summed E-state index contributed by atoms with van der Waals surface area (Å²) in [4.78, 5) is 27.6. The monoisotopic (exact) mass is 436 g/mol. The Morgan fingerprint density at radius 2 is 1.44 bits per heavy atom. The molecule has 0 aromatic heterocycles. The van der Waals surface area contributed by atoms with Gasteiger partial charge in [0.2, 0.25) is 0 Å². The molecule has 1 aliphatic rings. The quantitative estimate of drug-likeness (QED) is 0.533. The molecule has 1 heterocycles. The molecule has 0 bridgehead atoms. The zero-order valence-corrected chi connectivity index (χ0v) is 17.3. The summed E-state index contributed by atoms with van der Waals surface area (Å²) in [5.74, 6) is -1.23. The lowest BCUT2D eigenvalue weighted by atomic mass is 10.0. The Morgan fingerprint density at radius 1 is 0.781 bits per heavy atom. The maximum atomic E-state index is 13.3. The third-order valence-electron chi connectivity index (χ3n) is 5.46. The van der Waals surface area contributed by atoms with Crippen LogP contribution in [0.5, 0.6) is 0 Å². The van der Waals surface area contributed by atoms with E-state index in [1.165, 1.54) is 0 Å². The number of rotatable bonds is 4.